The Balaban J connectivity index is 1.43. The standard InChI is InChI=1S/C18H33NO/c20-18(11-3-1-2-4-12-18)15-19-16-7-13-17(14-8-16)9-5-6-10-17/h16,19-20H,1-15H2. The molecule has 3 fully saturated rings. The zero-order valence-corrected chi connectivity index (χ0v) is 13.1. The molecule has 0 bridgehead atoms. The van der Waals surface area contributed by atoms with Crippen molar-refractivity contribution in [2.45, 2.75) is 102 Å². The van der Waals surface area contributed by atoms with Crippen LogP contribution < -0.4 is 5.32 Å². The van der Waals surface area contributed by atoms with Crippen molar-refractivity contribution in [3.8, 4) is 0 Å². The highest BCUT2D eigenvalue weighted by atomic mass is 16.3. The molecule has 2 N–H and O–H groups in total. The molecular formula is C18H33NO. The second-order valence-electron chi connectivity index (χ2n) is 8.00. The van der Waals surface area contributed by atoms with E-state index in [1.807, 2.05) is 0 Å². The molecule has 0 atom stereocenters. The lowest BCUT2D eigenvalue weighted by Crippen LogP contribution is -2.46. The van der Waals surface area contributed by atoms with Gasteiger partial charge in [-0.15, -0.1) is 0 Å². The molecule has 0 aromatic heterocycles. The molecule has 0 heterocycles. The van der Waals surface area contributed by atoms with Crippen LogP contribution in [-0.4, -0.2) is 23.3 Å². The van der Waals surface area contributed by atoms with E-state index in [-0.39, 0.29) is 0 Å². The summed E-state index contributed by atoms with van der Waals surface area (Å²) >= 11 is 0. The molecule has 3 aliphatic rings. The Hall–Kier alpha value is -0.0800. The van der Waals surface area contributed by atoms with Crippen LogP contribution in [0.4, 0.5) is 0 Å². The minimum atomic E-state index is -0.404. The molecule has 1 spiro atoms. The zero-order chi connectivity index (χ0) is 13.9. The van der Waals surface area contributed by atoms with Gasteiger partial charge in [0.2, 0.25) is 0 Å². The van der Waals surface area contributed by atoms with Crippen molar-refractivity contribution >= 4 is 0 Å². The van der Waals surface area contributed by atoms with Crippen LogP contribution in [0.15, 0.2) is 0 Å². The summed E-state index contributed by atoms with van der Waals surface area (Å²) in [6.07, 6.45) is 18.6. The highest BCUT2D eigenvalue weighted by molar-refractivity contribution is 4.92. The van der Waals surface area contributed by atoms with Gasteiger partial charge in [-0.2, -0.15) is 0 Å². The van der Waals surface area contributed by atoms with E-state index in [4.69, 9.17) is 0 Å². The van der Waals surface area contributed by atoms with Crippen LogP contribution in [0.5, 0.6) is 0 Å². The van der Waals surface area contributed by atoms with E-state index in [0.717, 1.165) is 24.8 Å². The van der Waals surface area contributed by atoms with E-state index in [9.17, 15) is 5.11 Å². The topological polar surface area (TPSA) is 32.3 Å². The highest BCUT2D eigenvalue weighted by Gasteiger charge is 2.38. The molecule has 2 heteroatoms. The molecule has 0 saturated heterocycles. The maximum absolute atomic E-state index is 10.7. The summed E-state index contributed by atoms with van der Waals surface area (Å²) in [7, 11) is 0. The van der Waals surface area contributed by atoms with Crippen LogP contribution in [0.25, 0.3) is 0 Å². The molecule has 3 saturated carbocycles. The summed E-state index contributed by atoms with van der Waals surface area (Å²) in [6.45, 7) is 0.838. The predicted molar refractivity (Wildman–Crippen MR) is 83.8 cm³/mol. The average molecular weight is 279 g/mol. The molecule has 0 aromatic rings. The predicted octanol–water partition coefficient (Wildman–Crippen LogP) is 4.16. The summed E-state index contributed by atoms with van der Waals surface area (Å²) in [5.74, 6) is 0. The number of aliphatic hydroxyl groups is 1. The Kier molecular flexibility index (Phi) is 4.72. The first-order valence-electron chi connectivity index (χ1n) is 9.16. The lowest BCUT2D eigenvalue weighted by molar-refractivity contribution is 0.0195. The first kappa shape index (κ1) is 14.8. The average Bonchev–Trinajstić information content (AvgIpc) is 2.79. The second kappa shape index (κ2) is 6.36. The van der Waals surface area contributed by atoms with Crippen molar-refractivity contribution in [3.05, 3.63) is 0 Å². The number of rotatable bonds is 3. The van der Waals surface area contributed by atoms with Gasteiger partial charge in [0, 0.05) is 12.6 Å². The maximum Gasteiger partial charge on any atom is 0.0771 e. The monoisotopic (exact) mass is 279 g/mol. The fourth-order valence-corrected chi connectivity index (χ4v) is 4.96. The normalized spacial score (nSPS) is 30.4. The zero-order valence-electron chi connectivity index (χ0n) is 13.1. The van der Waals surface area contributed by atoms with Gasteiger partial charge in [-0.25, -0.2) is 0 Å². The summed E-state index contributed by atoms with van der Waals surface area (Å²) in [5, 5.41) is 14.4. The Labute approximate surface area is 124 Å². The third kappa shape index (κ3) is 3.57. The molecule has 0 aromatic carbocycles. The van der Waals surface area contributed by atoms with E-state index < -0.39 is 5.60 Å². The Morgan fingerprint density at radius 2 is 1.30 bits per heavy atom. The third-order valence-corrected chi connectivity index (χ3v) is 6.46. The van der Waals surface area contributed by atoms with Gasteiger partial charge in [0.1, 0.15) is 0 Å². The van der Waals surface area contributed by atoms with Crippen LogP contribution in [0.3, 0.4) is 0 Å². The summed E-state index contributed by atoms with van der Waals surface area (Å²) in [4.78, 5) is 0. The van der Waals surface area contributed by atoms with Crippen molar-refractivity contribution < 1.29 is 5.11 Å². The Morgan fingerprint density at radius 3 is 1.90 bits per heavy atom. The summed E-state index contributed by atoms with van der Waals surface area (Å²) < 4.78 is 0. The fourth-order valence-electron chi connectivity index (χ4n) is 4.96. The van der Waals surface area contributed by atoms with Gasteiger partial charge in [0.05, 0.1) is 5.60 Å². The van der Waals surface area contributed by atoms with Gasteiger partial charge in [0.15, 0.2) is 0 Å². The molecule has 0 aliphatic heterocycles. The smallest absolute Gasteiger partial charge is 0.0771 e. The van der Waals surface area contributed by atoms with Crippen molar-refractivity contribution in [3.63, 3.8) is 0 Å². The van der Waals surface area contributed by atoms with Gasteiger partial charge in [-0.05, 0) is 56.8 Å². The lowest BCUT2D eigenvalue weighted by atomic mass is 9.71. The van der Waals surface area contributed by atoms with Crippen LogP contribution in [0, 0.1) is 5.41 Å². The fraction of sp³-hybridized carbons (Fsp3) is 1.00. The van der Waals surface area contributed by atoms with Gasteiger partial charge in [0.25, 0.3) is 0 Å². The van der Waals surface area contributed by atoms with E-state index in [0.29, 0.717) is 6.04 Å². The van der Waals surface area contributed by atoms with Crippen LogP contribution >= 0.6 is 0 Å². The Bertz CT molecular complexity index is 291. The molecule has 0 amide bonds. The first-order valence-corrected chi connectivity index (χ1v) is 9.16. The lowest BCUT2D eigenvalue weighted by Gasteiger charge is -2.39. The van der Waals surface area contributed by atoms with Crippen LogP contribution in [0.2, 0.25) is 0 Å². The van der Waals surface area contributed by atoms with Crippen molar-refractivity contribution in [1.29, 1.82) is 0 Å². The minimum absolute atomic E-state index is 0.404. The summed E-state index contributed by atoms with van der Waals surface area (Å²) in [5.41, 5.74) is 0.330. The first-order chi connectivity index (χ1) is 9.70. The minimum Gasteiger partial charge on any atom is -0.389 e. The molecule has 2 nitrogen and oxygen atoms in total. The highest BCUT2D eigenvalue weighted by Crippen LogP contribution is 2.48. The number of hydrogen-bond acceptors (Lipinski definition) is 2. The molecule has 3 rings (SSSR count). The van der Waals surface area contributed by atoms with E-state index in [1.165, 1.54) is 77.0 Å². The van der Waals surface area contributed by atoms with Gasteiger partial charge in [-0.1, -0.05) is 38.5 Å². The van der Waals surface area contributed by atoms with Crippen molar-refractivity contribution in [2.75, 3.05) is 6.54 Å². The van der Waals surface area contributed by atoms with Crippen molar-refractivity contribution in [2.24, 2.45) is 5.41 Å². The van der Waals surface area contributed by atoms with Gasteiger partial charge >= 0.3 is 0 Å². The molecule has 3 aliphatic carbocycles. The number of hydrogen-bond donors (Lipinski definition) is 2. The maximum atomic E-state index is 10.7. The second-order valence-corrected chi connectivity index (χ2v) is 8.00. The van der Waals surface area contributed by atoms with E-state index in [1.54, 1.807) is 0 Å². The SMILES string of the molecule is OC1(CNC2CCC3(CCCC3)CC2)CCCCCC1. The third-order valence-electron chi connectivity index (χ3n) is 6.46. The van der Waals surface area contributed by atoms with Gasteiger partial charge in [-0.3, -0.25) is 0 Å². The van der Waals surface area contributed by atoms with E-state index >= 15 is 0 Å². The largest absolute Gasteiger partial charge is 0.389 e. The van der Waals surface area contributed by atoms with Crippen LogP contribution in [-0.2, 0) is 0 Å². The quantitative estimate of drug-likeness (QED) is 0.760. The van der Waals surface area contributed by atoms with Crippen LogP contribution in [0.1, 0.15) is 89.9 Å². The summed E-state index contributed by atoms with van der Waals surface area (Å²) in [6, 6.07) is 0.675. The van der Waals surface area contributed by atoms with Gasteiger partial charge < -0.3 is 10.4 Å². The number of nitrogens with one attached hydrogen (secondary N) is 1. The molecule has 116 valence electrons. The molecule has 20 heavy (non-hydrogen) atoms. The van der Waals surface area contributed by atoms with Crippen molar-refractivity contribution in [1.82, 2.24) is 5.32 Å². The molecular weight excluding hydrogens is 246 g/mol. The molecule has 0 unspecified atom stereocenters. The Morgan fingerprint density at radius 1 is 0.750 bits per heavy atom. The molecule has 0 radical (unpaired) electrons. The van der Waals surface area contributed by atoms with E-state index in [2.05, 4.69) is 5.32 Å².